The Morgan fingerprint density at radius 1 is 1.42 bits per heavy atom. The summed E-state index contributed by atoms with van der Waals surface area (Å²) in [7, 11) is 0. The van der Waals surface area contributed by atoms with Crippen molar-refractivity contribution in [3.63, 3.8) is 0 Å². The largest absolute Gasteiger partial charge is 0.370 e. The maximum Gasteiger partial charge on any atom is 0.252 e. The molecule has 5 nitrogen and oxygen atoms in total. The number of rotatable bonds is 6. The Balaban J connectivity index is 2.01. The zero-order valence-corrected chi connectivity index (χ0v) is 10.9. The summed E-state index contributed by atoms with van der Waals surface area (Å²) < 4.78 is 23.8. The molecule has 0 saturated heterocycles. The maximum absolute atomic E-state index is 13.7. The van der Waals surface area contributed by atoms with E-state index in [1.165, 1.54) is 6.07 Å². The lowest BCUT2D eigenvalue weighted by atomic mass is 10.1. The van der Waals surface area contributed by atoms with Crippen LogP contribution in [0.25, 0.3) is 0 Å². The molecule has 102 valence electrons. The number of ether oxygens (including phenoxy) is 1. The van der Waals surface area contributed by atoms with Gasteiger partial charge in [-0.25, -0.2) is 4.39 Å². The molecule has 0 unspecified atom stereocenters. The molecule has 0 radical (unpaired) electrons. The standard InChI is InChI=1S/C12H13ClFN3O2/c13-9-3-1-2-8(12(9)14)6-10-16-11(19-17-10)7-18-5-4-15/h1-3H,4-7,15H2. The number of halogens is 2. The first-order chi connectivity index (χ1) is 9.20. The molecule has 0 aliphatic rings. The summed E-state index contributed by atoms with van der Waals surface area (Å²) in [5, 5.41) is 3.83. The summed E-state index contributed by atoms with van der Waals surface area (Å²) in [6.07, 6.45) is 0.215. The van der Waals surface area contributed by atoms with E-state index >= 15 is 0 Å². The topological polar surface area (TPSA) is 74.2 Å². The van der Waals surface area contributed by atoms with Crippen LogP contribution in [0.4, 0.5) is 4.39 Å². The van der Waals surface area contributed by atoms with Gasteiger partial charge in [0.2, 0.25) is 0 Å². The van der Waals surface area contributed by atoms with Crippen molar-refractivity contribution < 1.29 is 13.7 Å². The molecule has 0 amide bonds. The third-order valence-electron chi connectivity index (χ3n) is 2.38. The van der Waals surface area contributed by atoms with Crippen LogP contribution in [0.1, 0.15) is 17.3 Å². The summed E-state index contributed by atoms with van der Waals surface area (Å²) in [5.74, 6) is 0.258. The van der Waals surface area contributed by atoms with Crippen molar-refractivity contribution in [3.05, 3.63) is 46.3 Å². The summed E-state index contributed by atoms with van der Waals surface area (Å²) in [6.45, 7) is 1.04. The monoisotopic (exact) mass is 285 g/mol. The van der Waals surface area contributed by atoms with Gasteiger partial charge in [-0.15, -0.1) is 0 Å². The zero-order chi connectivity index (χ0) is 13.7. The Hall–Kier alpha value is -1.50. The second-order valence-corrected chi connectivity index (χ2v) is 4.24. The van der Waals surface area contributed by atoms with Crippen LogP contribution in [0, 0.1) is 5.82 Å². The second kappa shape index (κ2) is 6.60. The van der Waals surface area contributed by atoms with Gasteiger partial charge in [0.25, 0.3) is 5.89 Å². The Labute approximate surface area is 114 Å². The highest BCUT2D eigenvalue weighted by molar-refractivity contribution is 6.30. The van der Waals surface area contributed by atoms with Crippen molar-refractivity contribution in [1.29, 1.82) is 0 Å². The van der Waals surface area contributed by atoms with Crippen LogP contribution in [0.2, 0.25) is 5.02 Å². The molecule has 2 N–H and O–H groups in total. The second-order valence-electron chi connectivity index (χ2n) is 3.84. The summed E-state index contributed by atoms with van der Waals surface area (Å²) in [4.78, 5) is 4.09. The molecule has 0 atom stereocenters. The third kappa shape index (κ3) is 3.73. The van der Waals surface area contributed by atoms with E-state index in [1.54, 1.807) is 12.1 Å². The molecule has 0 aliphatic heterocycles. The quantitative estimate of drug-likeness (QED) is 0.821. The lowest BCUT2D eigenvalue weighted by Gasteiger charge is -2.00. The van der Waals surface area contributed by atoms with Crippen LogP contribution >= 0.6 is 11.6 Å². The fourth-order valence-corrected chi connectivity index (χ4v) is 1.71. The van der Waals surface area contributed by atoms with E-state index in [4.69, 9.17) is 26.6 Å². The van der Waals surface area contributed by atoms with Crippen molar-refractivity contribution in [2.75, 3.05) is 13.2 Å². The molecule has 1 aromatic carbocycles. The van der Waals surface area contributed by atoms with Gasteiger partial charge in [0.15, 0.2) is 5.82 Å². The predicted molar refractivity (Wildman–Crippen MR) is 67.2 cm³/mol. The van der Waals surface area contributed by atoms with E-state index in [9.17, 15) is 4.39 Å². The molecule has 7 heteroatoms. The molecule has 0 aliphatic carbocycles. The summed E-state index contributed by atoms with van der Waals surface area (Å²) in [6, 6.07) is 4.79. The van der Waals surface area contributed by atoms with Crippen LogP contribution in [-0.4, -0.2) is 23.3 Å². The van der Waals surface area contributed by atoms with Crippen LogP contribution in [0.15, 0.2) is 22.7 Å². The number of aromatic nitrogens is 2. The highest BCUT2D eigenvalue weighted by atomic mass is 35.5. The van der Waals surface area contributed by atoms with E-state index in [0.717, 1.165) is 0 Å². The molecule has 19 heavy (non-hydrogen) atoms. The fourth-order valence-electron chi connectivity index (χ4n) is 1.52. The van der Waals surface area contributed by atoms with Crippen molar-refractivity contribution in [2.24, 2.45) is 5.73 Å². The number of nitrogens with two attached hydrogens (primary N) is 1. The van der Waals surface area contributed by atoms with Gasteiger partial charge in [0.1, 0.15) is 12.4 Å². The van der Waals surface area contributed by atoms with Gasteiger partial charge < -0.3 is 15.0 Å². The van der Waals surface area contributed by atoms with E-state index in [2.05, 4.69) is 10.1 Å². The van der Waals surface area contributed by atoms with Gasteiger partial charge in [-0.1, -0.05) is 28.9 Å². The molecular weight excluding hydrogens is 273 g/mol. The van der Waals surface area contributed by atoms with Crippen LogP contribution < -0.4 is 5.73 Å². The van der Waals surface area contributed by atoms with Crippen molar-refractivity contribution in [2.45, 2.75) is 13.0 Å². The van der Waals surface area contributed by atoms with Crippen LogP contribution in [0.3, 0.4) is 0 Å². The number of benzene rings is 1. The van der Waals surface area contributed by atoms with Gasteiger partial charge in [0.05, 0.1) is 11.6 Å². The molecule has 1 aromatic heterocycles. The Kier molecular flexibility index (Phi) is 4.84. The van der Waals surface area contributed by atoms with Gasteiger partial charge >= 0.3 is 0 Å². The van der Waals surface area contributed by atoms with E-state index in [1.807, 2.05) is 0 Å². The Bertz CT molecular complexity index is 548. The zero-order valence-electron chi connectivity index (χ0n) is 10.1. The molecule has 0 bridgehead atoms. The molecule has 0 spiro atoms. The first-order valence-corrected chi connectivity index (χ1v) is 6.10. The van der Waals surface area contributed by atoms with Gasteiger partial charge in [-0.3, -0.25) is 0 Å². The van der Waals surface area contributed by atoms with Gasteiger partial charge in [-0.2, -0.15) is 4.98 Å². The minimum absolute atomic E-state index is 0.0764. The Morgan fingerprint density at radius 2 is 2.26 bits per heavy atom. The van der Waals surface area contributed by atoms with Crippen molar-refractivity contribution in [3.8, 4) is 0 Å². The van der Waals surface area contributed by atoms with E-state index < -0.39 is 5.82 Å². The number of nitrogens with zero attached hydrogens (tertiary/aromatic N) is 2. The minimum atomic E-state index is -0.463. The normalized spacial score (nSPS) is 10.9. The predicted octanol–water partition coefficient (Wildman–Crippen LogP) is 1.93. The van der Waals surface area contributed by atoms with Crippen LogP contribution in [-0.2, 0) is 17.8 Å². The van der Waals surface area contributed by atoms with Crippen molar-refractivity contribution in [1.82, 2.24) is 10.1 Å². The first-order valence-electron chi connectivity index (χ1n) is 5.73. The highest BCUT2D eigenvalue weighted by Gasteiger charge is 2.11. The lowest BCUT2D eigenvalue weighted by molar-refractivity contribution is 0.104. The van der Waals surface area contributed by atoms with Gasteiger partial charge in [-0.05, 0) is 11.6 Å². The number of hydrogen-bond donors (Lipinski definition) is 1. The van der Waals surface area contributed by atoms with Gasteiger partial charge in [0, 0.05) is 13.0 Å². The first kappa shape index (κ1) is 13.9. The minimum Gasteiger partial charge on any atom is -0.370 e. The summed E-state index contributed by atoms with van der Waals surface area (Å²) in [5.41, 5.74) is 5.70. The maximum atomic E-state index is 13.7. The molecule has 2 rings (SSSR count). The molecule has 2 aromatic rings. The average Bonchev–Trinajstić information content (AvgIpc) is 2.83. The fraction of sp³-hybridized carbons (Fsp3) is 0.333. The number of hydrogen-bond acceptors (Lipinski definition) is 5. The summed E-state index contributed by atoms with van der Waals surface area (Å²) >= 11 is 5.70. The Morgan fingerprint density at radius 3 is 3.05 bits per heavy atom. The lowest BCUT2D eigenvalue weighted by Crippen LogP contribution is -2.08. The SMILES string of the molecule is NCCOCc1nc(Cc2cccc(Cl)c2F)no1. The molecule has 0 fully saturated rings. The van der Waals surface area contributed by atoms with E-state index in [-0.39, 0.29) is 18.1 Å². The van der Waals surface area contributed by atoms with Crippen LogP contribution in [0.5, 0.6) is 0 Å². The third-order valence-corrected chi connectivity index (χ3v) is 2.67. The average molecular weight is 286 g/mol. The highest BCUT2D eigenvalue weighted by Crippen LogP contribution is 2.19. The molecule has 0 saturated carbocycles. The van der Waals surface area contributed by atoms with Crippen molar-refractivity contribution >= 4 is 11.6 Å². The smallest absolute Gasteiger partial charge is 0.252 e. The molecular formula is C12H13ClFN3O2. The van der Waals surface area contributed by atoms with E-state index in [0.29, 0.717) is 30.4 Å². The molecule has 1 heterocycles.